The van der Waals surface area contributed by atoms with E-state index in [0.717, 1.165) is 0 Å². The number of hydrogen-bond acceptors (Lipinski definition) is 5. The molecule has 0 bridgehead atoms. The van der Waals surface area contributed by atoms with Gasteiger partial charge in [0.25, 0.3) is 0 Å². The molecule has 5 nitrogen and oxygen atoms in total. The number of hydrazine groups is 1. The Morgan fingerprint density at radius 1 is 1.42 bits per heavy atom. The lowest BCUT2D eigenvalue weighted by Crippen LogP contribution is -2.42. The van der Waals surface area contributed by atoms with Crippen LogP contribution in [0.15, 0.2) is 10.8 Å². The predicted molar refractivity (Wildman–Crippen MR) is 68.5 cm³/mol. The van der Waals surface area contributed by atoms with Crippen molar-refractivity contribution in [3.63, 3.8) is 0 Å². The summed E-state index contributed by atoms with van der Waals surface area (Å²) in [7, 11) is 0. The summed E-state index contributed by atoms with van der Waals surface area (Å²) in [4.78, 5) is 9.51. The summed E-state index contributed by atoms with van der Waals surface area (Å²) in [5, 5.41) is 0. The molecule has 1 saturated heterocycles. The average Bonchev–Trinajstić information content (AvgIpc) is 2.38. The molecule has 1 aliphatic heterocycles. The van der Waals surface area contributed by atoms with E-state index in [4.69, 9.17) is 5.84 Å². The molecule has 9 heteroatoms. The molecule has 1 aromatic rings. The van der Waals surface area contributed by atoms with Crippen LogP contribution in [0.25, 0.3) is 0 Å². The first-order valence-corrected chi connectivity index (χ1v) is 6.51. The number of nitrogens with one attached hydrogen (secondary N) is 1. The molecule has 0 radical (unpaired) electrons. The number of nitrogens with zero attached hydrogens (tertiary/aromatic N) is 3. The molecule has 1 fully saturated rings. The Morgan fingerprint density at radius 2 is 2.16 bits per heavy atom. The number of halogens is 4. The minimum Gasteiger partial charge on any atom is -0.355 e. The van der Waals surface area contributed by atoms with Crippen molar-refractivity contribution in [1.29, 1.82) is 0 Å². The Bertz CT molecular complexity index is 453. The van der Waals surface area contributed by atoms with Crippen molar-refractivity contribution in [3.05, 3.63) is 10.8 Å². The van der Waals surface area contributed by atoms with E-state index in [1.165, 1.54) is 6.33 Å². The third-order valence-corrected chi connectivity index (χ3v) is 3.82. The highest BCUT2D eigenvalue weighted by molar-refractivity contribution is 9.10. The molecule has 1 unspecified atom stereocenters. The van der Waals surface area contributed by atoms with E-state index in [2.05, 4.69) is 31.3 Å². The first-order valence-electron chi connectivity index (χ1n) is 5.72. The molecule has 1 atom stereocenters. The van der Waals surface area contributed by atoms with Crippen molar-refractivity contribution in [3.8, 4) is 0 Å². The molecular formula is C10H13BrF3N5. The maximum Gasteiger partial charge on any atom is 0.393 e. The van der Waals surface area contributed by atoms with E-state index >= 15 is 0 Å². The standard InChI is InChI=1S/C10H13BrF3N5/c11-7-8(18-15)16-5-17-9(7)19-3-1-2-6(4-19)10(12,13)14/h5-6H,1-4,15H2,(H,16,17,18). The van der Waals surface area contributed by atoms with Crippen LogP contribution in [0.1, 0.15) is 12.8 Å². The Balaban J connectivity index is 2.22. The van der Waals surface area contributed by atoms with Gasteiger partial charge < -0.3 is 10.3 Å². The number of piperidine rings is 1. The van der Waals surface area contributed by atoms with Crippen molar-refractivity contribution in [2.75, 3.05) is 23.4 Å². The molecule has 3 N–H and O–H groups in total. The quantitative estimate of drug-likeness (QED) is 0.639. The van der Waals surface area contributed by atoms with Gasteiger partial charge in [-0.1, -0.05) is 0 Å². The van der Waals surface area contributed by atoms with E-state index in [9.17, 15) is 13.2 Å². The van der Waals surface area contributed by atoms with Crippen molar-refractivity contribution in [2.24, 2.45) is 11.8 Å². The number of alkyl halides is 3. The molecule has 0 aliphatic carbocycles. The van der Waals surface area contributed by atoms with Gasteiger partial charge in [0.15, 0.2) is 5.82 Å². The summed E-state index contributed by atoms with van der Waals surface area (Å²) in [5.74, 6) is 4.73. The van der Waals surface area contributed by atoms with Gasteiger partial charge in [-0.3, -0.25) is 0 Å². The molecule has 1 aliphatic rings. The van der Waals surface area contributed by atoms with Crippen molar-refractivity contribution < 1.29 is 13.2 Å². The molecule has 0 amide bonds. The first kappa shape index (κ1) is 14.3. The van der Waals surface area contributed by atoms with Gasteiger partial charge in [0.2, 0.25) is 0 Å². The van der Waals surface area contributed by atoms with Crippen LogP contribution >= 0.6 is 15.9 Å². The summed E-state index contributed by atoms with van der Waals surface area (Å²) in [6.07, 6.45) is -2.27. The maximum absolute atomic E-state index is 12.8. The summed E-state index contributed by atoms with van der Waals surface area (Å²) in [6.45, 7) is 0.440. The zero-order chi connectivity index (χ0) is 14.0. The first-order chi connectivity index (χ1) is 8.93. The Kier molecular flexibility index (Phi) is 4.14. The lowest BCUT2D eigenvalue weighted by molar-refractivity contribution is -0.176. The van der Waals surface area contributed by atoms with E-state index < -0.39 is 12.1 Å². The zero-order valence-electron chi connectivity index (χ0n) is 9.91. The molecule has 0 aromatic carbocycles. The van der Waals surface area contributed by atoms with Crippen LogP contribution in [0.5, 0.6) is 0 Å². The van der Waals surface area contributed by atoms with Crippen LogP contribution in [-0.4, -0.2) is 29.2 Å². The van der Waals surface area contributed by atoms with Crippen molar-refractivity contribution in [2.45, 2.75) is 19.0 Å². The molecular weight excluding hydrogens is 327 g/mol. The van der Waals surface area contributed by atoms with E-state index in [-0.39, 0.29) is 13.0 Å². The summed E-state index contributed by atoms with van der Waals surface area (Å²) >= 11 is 3.26. The number of nitrogens with two attached hydrogens (primary N) is 1. The second kappa shape index (κ2) is 5.49. The van der Waals surface area contributed by atoms with Crippen molar-refractivity contribution in [1.82, 2.24) is 9.97 Å². The number of hydrogen-bond donors (Lipinski definition) is 2. The van der Waals surface area contributed by atoms with E-state index in [1.54, 1.807) is 4.90 Å². The molecule has 0 spiro atoms. The smallest absolute Gasteiger partial charge is 0.355 e. The second-order valence-corrected chi connectivity index (χ2v) is 5.12. The SMILES string of the molecule is NNc1ncnc(N2CCCC(C(F)(F)F)C2)c1Br. The van der Waals surface area contributed by atoms with Gasteiger partial charge in [-0.15, -0.1) is 0 Å². The number of anilines is 2. The fourth-order valence-electron chi connectivity index (χ4n) is 2.12. The summed E-state index contributed by atoms with van der Waals surface area (Å²) < 4.78 is 38.8. The molecule has 106 valence electrons. The molecule has 2 heterocycles. The minimum atomic E-state index is -4.17. The Morgan fingerprint density at radius 3 is 2.79 bits per heavy atom. The second-order valence-electron chi connectivity index (χ2n) is 4.33. The third kappa shape index (κ3) is 3.08. The maximum atomic E-state index is 12.8. The average molecular weight is 340 g/mol. The van der Waals surface area contributed by atoms with Crippen LogP contribution in [0.3, 0.4) is 0 Å². The highest BCUT2D eigenvalue weighted by Crippen LogP contribution is 2.37. The van der Waals surface area contributed by atoms with Crippen molar-refractivity contribution >= 4 is 27.6 Å². The Labute approximate surface area is 116 Å². The van der Waals surface area contributed by atoms with Gasteiger partial charge in [-0.05, 0) is 28.8 Å². The third-order valence-electron chi connectivity index (χ3n) is 3.09. The lowest BCUT2D eigenvalue weighted by atomic mass is 9.97. The fourth-order valence-corrected chi connectivity index (χ4v) is 2.69. The van der Waals surface area contributed by atoms with Gasteiger partial charge in [0.05, 0.1) is 5.92 Å². The largest absolute Gasteiger partial charge is 0.393 e. The number of aromatic nitrogens is 2. The molecule has 2 rings (SSSR count). The van der Waals surface area contributed by atoms with Gasteiger partial charge in [0.1, 0.15) is 16.6 Å². The summed E-state index contributed by atoms with van der Waals surface area (Å²) in [5.41, 5.74) is 2.37. The van der Waals surface area contributed by atoms with Gasteiger partial charge in [-0.25, -0.2) is 15.8 Å². The number of rotatable bonds is 2. The monoisotopic (exact) mass is 339 g/mol. The highest BCUT2D eigenvalue weighted by Gasteiger charge is 2.42. The van der Waals surface area contributed by atoms with Crippen LogP contribution in [0.2, 0.25) is 0 Å². The summed E-state index contributed by atoms with van der Waals surface area (Å²) in [6, 6.07) is 0. The van der Waals surface area contributed by atoms with Gasteiger partial charge in [-0.2, -0.15) is 13.2 Å². The van der Waals surface area contributed by atoms with Crippen LogP contribution < -0.4 is 16.2 Å². The van der Waals surface area contributed by atoms with E-state index in [1.807, 2.05) is 0 Å². The number of nitrogen functional groups attached to an aromatic ring is 1. The molecule has 19 heavy (non-hydrogen) atoms. The normalized spacial score (nSPS) is 20.5. The molecule has 0 saturated carbocycles. The van der Waals surface area contributed by atoms with Gasteiger partial charge in [0, 0.05) is 13.1 Å². The Hall–Kier alpha value is -1.09. The zero-order valence-corrected chi connectivity index (χ0v) is 11.5. The predicted octanol–water partition coefficient (Wildman–Crippen LogP) is 2.30. The van der Waals surface area contributed by atoms with Gasteiger partial charge >= 0.3 is 6.18 Å². The lowest BCUT2D eigenvalue weighted by Gasteiger charge is -2.34. The van der Waals surface area contributed by atoms with E-state index in [0.29, 0.717) is 29.1 Å². The molecule has 1 aromatic heterocycles. The minimum absolute atomic E-state index is 0.0941. The van der Waals surface area contributed by atoms with Crippen LogP contribution in [-0.2, 0) is 0 Å². The van der Waals surface area contributed by atoms with Crippen LogP contribution in [0, 0.1) is 5.92 Å². The highest BCUT2D eigenvalue weighted by atomic mass is 79.9. The topological polar surface area (TPSA) is 67.1 Å². The van der Waals surface area contributed by atoms with Crippen LogP contribution in [0.4, 0.5) is 24.8 Å². The fraction of sp³-hybridized carbons (Fsp3) is 0.600.